The van der Waals surface area contributed by atoms with E-state index in [1.165, 1.54) is 0 Å². The summed E-state index contributed by atoms with van der Waals surface area (Å²) in [6, 6.07) is 7.51. The second-order valence-corrected chi connectivity index (χ2v) is 5.65. The van der Waals surface area contributed by atoms with Gasteiger partial charge in [0.1, 0.15) is 11.6 Å². The van der Waals surface area contributed by atoms with E-state index in [9.17, 15) is 4.79 Å². The molecule has 1 heterocycles. The molecule has 0 spiro atoms. The Hall–Kier alpha value is -2.02. The third-order valence-corrected chi connectivity index (χ3v) is 3.74. The first-order chi connectivity index (χ1) is 10.0. The number of aromatic nitrogens is 3. The summed E-state index contributed by atoms with van der Waals surface area (Å²) in [6.07, 6.45) is 0. The number of aliphatic carboxylic acids is 1. The third kappa shape index (κ3) is 3.55. The molecular weight excluding hydrogens is 290 g/mol. The first kappa shape index (κ1) is 15.4. The van der Waals surface area contributed by atoms with Crippen molar-refractivity contribution in [3.05, 3.63) is 30.1 Å². The van der Waals surface area contributed by atoms with Gasteiger partial charge in [-0.15, -0.1) is 10.2 Å². The van der Waals surface area contributed by atoms with Crippen molar-refractivity contribution in [3.63, 3.8) is 0 Å². The highest BCUT2D eigenvalue weighted by Crippen LogP contribution is 2.26. The fourth-order valence-electron chi connectivity index (χ4n) is 1.85. The van der Waals surface area contributed by atoms with Crippen molar-refractivity contribution >= 4 is 17.7 Å². The van der Waals surface area contributed by atoms with Gasteiger partial charge in [-0.2, -0.15) is 0 Å². The van der Waals surface area contributed by atoms with Crippen molar-refractivity contribution < 1.29 is 14.6 Å². The lowest BCUT2D eigenvalue weighted by Crippen LogP contribution is -2.06. The normalized spacial score (nSPS) is 10.9. The number of thioether (sulfide) groups is 1. The Morgan fingerprint density at radius 3 is 2.52 bits per heavy atom. The Labute approximate surface area is 127 Å². The molecule has 0 amide bonds. The molecule has 0 aliphatic carbocycles. The van der Waals surface area contributed by atoms with E-state index in [-0.39, 0.29) is 11.7 Å². The standard InChI is InChI=1S/C14H17N3O3S/c1-9(2)13-15-16-14(21-8-12(18)19)17(13)10-4-6-11(20-3)7-5-10/h4-7,9H,8H2,1-3H3,(H,18,19). The van der Waals surface area contributed by atoms with Gasteiger partial charge in [-0.1, -0.05) is 25.6 Å². The van der Waals surface area contributed by atoms with E-state index in [1.807, 2.05) is 42.7 Å². The molecule has 0 saturated carbocycles. The maximum Gasteiger partial charge on any atom is 0.313 e. The molecule has 7 heteroatoms. The van der Waals surface area contributed by atoms with Crippen LogP contribution in [0.4, 0.5) is 0 Å². The van der Waals surface area contributed by atoms with Gasteiger partial charge in [0.05, 0.1) is 12.9 Å². The number of benzene rings is 1. The molecule has 0 aliphatic heterocycles. The van der Waals surface area contributed by atoms with Crippen molar-refractivity contribution in [2.45, 2.75) is 24.9 Å². The zero-order chi connectivity index (χ0) is 15.4. The summed E-state index contributed by atoms with van der Waals surface area (Å²) >= 11 is 1.16. The first-order valence-electron chi connectivity index (χ1n) is 6.47. The molecule has 21 heavy (non-hydrogen) atoms. The molecule has 0 fully saturated rings. The minimum atomic E-state index is -0.879. The second kappa shape index (κ2) is 6.62. The van der Waals surface area contributed by atoms with Crippen LogP contribution < -0.4 is 4.74 Å². The summed E-state index contributed by atoms with van der Waals surface area (Å²) in [4.78, 5) is 10.7. The number of hydrogen-bond acceptors (Lipinski definition) is 5. The Bertz CT molecular complexity index is 623. The predicted molar refractivity (Wildman–Crippen MR) is 80.4 cm³/mol. The first-order valence-corrected chi connectivity index (χ1v) is 7.45. The molecule has 0 bridgehead atoms. The van der Waals surface area contributed by atoms with Crippen LogP contribution in [0.25, 0.3) is 5.69 Å². The van der Waals surface area contributed by atoms with Gasteiger partial charge in [0.25, 0.3) is 0 Å². The maximum atomic E-state index is 10.7. The average Bonchev–Trinajstić information content (AvgIpc) is 2.89. The highest BCUT2D eigenvalue weighted by Gasteiger charge is 2.17. The number of nitrogens with zero attached hydrogens (tertiary/aromatic N) is 3. The van der Waals surface area contributed by atoms with Gasteiger partial charge in [0.2, 0.25) is 0 Å². The Morgan fingerprint density at radius 2 is 2.00 bits per heavy atom. The molecule has 1 aromatic heterocycles. The van der Waals surface area contributed by atoms with Crippen molar-refractivity contribution in [1.29, 1.82) is 0 Å². The van der Waals surface area contributed by atoms with E-state index in [4.69, 9.17) is 9.84 Å². The highest BCUT2D eigenvalue weighted by molar-refractivity contribution is 7.99. The summed E-state index contributed by atoms with van der Waals surface area (Å²) in [5.41, 5.74) is 0.886. The van der Waals surface area contributed by atoms with Crippen LogP contribution in [0.5, 0.6) is 5.75 Å². The van der Waals surface area contributed by atoms with Gasteiger partial charge in [-0.25, -0.2) is 0 Å². The van der Waals surface area contributed by atoms with E-state index in [2.05, 4.69) is 10.2 Å². The molecule has 0 radical (unpaired) electrons. The Morgan fingerprint density at radius 1 is 1.33 bits per heavy atom. The SMILES string of the molecule is COc1ccc(-n2c(SCC(=O)O)nnc2C(C)C)cc1. The lowest BCUT2D eigenvalue weighted by molar-refractivity contribution is -0.133. The van der Waals surface area contributed by atoms with E-state index in [0.717, 1.165) is 29.0 Å². The van der Waals surface area contributed by atoms with E-state index in [1.54, 1.807) is 7.11 Å². The van der Waals surface area contributed by atoms with Gasteiger partial charge >= 0.3 is 5.97 Å². The molecule has 0 unspecified atom stereocenters. The summed E-state index contributed by atoms with van der Waals surface area (Å²) in [7, 11) is 1.61. The van der Waals surface area contributed by atoms with Crippen LogP contribution in [-0.2, 0) is 4.79 Å². The van der Waals surface area contributed by atoms with Gasteiger partial charge in [0, 0.05) is 11.6 Å². The summed E-state index contributed by atoms with van der Waals surface area (Å²) in [6.45, 7) is 4.05. The highest BCUT2D eigenvalue weighted by atomic mass is 32.2. The Balaban J connectivity index is 2.41. The maximum absolute atomic E-state index is 10.7. The van der Waals surface area contributed by atoms with Crippen LogP contribution in [0.15, 0.2) is 29.4 Å². The fourth-order valence-corrected chi connectivity index (χ4v) is 2.53. The number of ether oxygens (including phenoxy) is 1. The molecule has 0 aliphatic rings. The zero-order valence-corrected chi connectivity index (χ0v) is 12.9. The summed E-state index contributed by atoms with van der Waals surface area (Å²) < 4.78 is 7.04. The minimum Gasteiger partial charge on any atom is -0.497 e. The van der Waals surface area contributed by atoms with E-state index < -0.39 is 5.97 Å². The molecule has 112 valence electrons. The molecular formula is C14H17N3O3S. The lowest BCUT2D eigenvalue weighted by Gasteiger charge is -2.12. The Kier molecular flexibility index (Phi) is 4.85. The van der Waals surface area contributed by atoms with E-state index in [0.29, 0.717) is 5.16 Å². The summed E-state index contributed by atoms with van der Waals surface area (Å²) in [5, 5.41) is 17.7. The van der Waals surface area contributed by atoms with Crippen LogP contribution in [0.3, 0.4) is 0 Å². The largest absolute Gasteiger partial charge is 0.497 e. The van der Waals surface area contributed by atoms with Gasteiger partial charge in [-0.05, 0) is 24.3 Å². The number of methoxy groups -OCH3 is 1. The monoisotopic (exact) mass is 307 g/mol. The minimum absolute atomic E-state index is 0.0492. The van der Waals surface area contributed by atoms with Gasteiger partial charge < -0.3 is 9.84 Å². The molecule has 6 nitrogen and oxygen atoms in total. The van der Waals surface area contributed by atoms with Gasteiger partial charge in [-0.3, -0.25) is 9.36 Å². The lowest BCUT2D eigenvalue weighted by atomic mass is 10.2. The number of rotatable bonds is 6. The third-order valence-electron chi connectivity index (χ3n) is 2.83. The smallest absolute Gasteiger partial charge is 0.313 e. The number of carboxylic acid groups (broad SMARTS) is 1. The molecule has 0 atom stereocenters. The van der Waals surface area contributed by atoms with Crippen LogP contribution in [0.2, 0.25) is 0 Å². The van der Waals surface area contributed by atoms with Gasteiger partial charge in [0.15, 0.2) is 5.16 Å². The average molecular weight is 307 g/mol. The van der Waals surface area contributed by atoms with Crippen LogP contribution in [0, 0.1) is 0 Å². The number of carboxylic acids is 1. The number of hydrogen-bond donors (Lipinski definition) is 1. The second-order valence-electron chi connectivity index (χ2n) is 4.71. The summed E-state index contributed by atoms with van der Waals surface area (Å²) in [5.74, 6) is 0.812. The van der Waals surface area contributed by atoms with Crippen LogP contribution >= 0.6 is 11.8 Å². The topological polar surface area (TPSA) is 77.2 Å². The molecule has 0 saturated heterocycles. The van der Waals surface area contributed by atoms with Crippen molar-refractivity contribution in [2.75, 3.05) is 12.9 Å². The van der Waals surface area contributed by atoms with Crippen molar-refractivity contribution in [1.82, 2.24) is 14.8 Å². The van der Waals surface area contributed by atoms with E-state index >= 15 is 0 Å². The zero-order valence-electron chi connectivity index (χ0n) is 12.1. The quantitative estimate of drug-likeness (QED) is 0.827. The molecule has 2 aromatic rings. The molecule has 1 N–H and O–H groups in total. The molecule has 1 aromatic carbocycles. The number of carbonyl (C=O) groups is 1. The fraction of sp³-hybridized carbons (Fsp3) is 0.357. The van der Waals surface area contributed by atoms with Crippen LogP contribution in [-0.4, -0.2) is 38.7 Å². The predicted octanol–water partition coefficient (Wildman–Crippen LogP) is 2.58. The molecule has 2 rings (SSSR count). The van der Waals surface area contributed by atoms with Crippen LogP contribution in [0.1, 0.15) is 25.6 Å². The van der Waals surface area contributed by atoms with Crippen molar-refractivity contribution in [3.8, 4) is 11.4 Å². The van der Waals surface area contributed by atoms with Crippen molar-refractivity contribution in [2.24, 2.45) is 0 Å².